The number of hydrogen-bond acceptors (Lipinski definition) is 3. The molecule has 0 bridgehead atoms. The Labute approximate surface area is 41.8 Å². The molecule has 0 saturated heterocycles. The molecule has 0 amide bonds. The lowest BCUT2D eigenvalue weighted by molar-refractivity contribution is 0.899. The van der Waals surface area contributed by atoms with Crippen LogP contribution in [0.4, 0.5) is 0 Å². The normalized spacial score (nSPS) is 18.1. The van der Waals surface area contributed by atoms with Gasteiger partial charge in [0.2, 0.25) is 5.96 Å². The van der Waals surface area contributed by atoms with Crippen molar-refractivity contribution in [2.75, 3.05) is 13.1 Å². The Kier molecular flexibility index (Phi) is 1.12. The summed E-state index contributed by atoms with van der Waals surface area (Å²) in [5, 5.41) is 2.80. The molecule has 1 heterocycles. The number of hydrogen-bond donors (Lipinski definition) is 2. The molecule has 4 heteroatoms. The van der Waals surface area contributed by atoms with Gasteiger partial charge < -0.3 is 5.32 Å². The standard InChI is InChI=1S/C3H6N4/c4-7-3-5-1-2-6-3/h1-2H2,(H2,5,6,7). The Balaban J connectivity index is 2.36. The van der Waals surface area contributed by atoms with Crippen LogP contribution in [0.15, 0.2) is 4.99 Å². The maximum atomic E-state index is 8.12. The van der Waals surface area contributed by atoms with Crippen LogP contribution < -0.4 is 16.6 Å². The summed E-state index contributed by atoms with van der Waals surface area (Å²) < 4.78 is 0. The summed E-state index contributed by atoms with van der Waals surface area (Å²) in [5.41, 5.74) is 1.90. The molecule has 0 unspecified atom stereocenters. The van der Waals surface area contributed by atoms with Crippen LogP contribution in [0.3, 0.4) is 0 Å². The first-order valence-corrected chi connectivity index (χ1v) is 2.12. The third kappa shape index (κ3) is 0.806. The van der Waals surface area contributed by atoms with Crippen LogP contribution in [0.25, 0.3) is 0 Å². The van der Waals surface area contributed by atoms with Crippen LogP contribution in [-0.4, -0.2) is 19.0 Å². The van der Waals surface area contributed by atoms with Crippen molar-refractivity contribution in [2.24, 2.45) is 4.99 Å². The average Bonchev–Trinajstić information content (AvgIpc) is 2.14. The molecule has 0 aromatic carbocycles. The Morgan fingerprint density at radius 1 is 1.86 bits per heavy atom. The van der Waals surface area contributed by atoms with Crippen molar-refractivity contribution < 1.29 is 0 Å². The van der Waals surface area contributed by atoms with Crippen LogP contribution in [0, 0.1) is 0 Å². The summed E-state index contributed by atoms with van der Waals surface area (Å²) >= 11 is 0. The highest BCUT2D eigenvalue weighted by molar-refractivity contribution is 5.80. The smallest absolute Gasteiger partial charge is 0.208 e. The number of guanidine groups is 1. The minimum atomic E-state index is 0.472. The quantitative estimate of drug-likeness (QED) is 0.363. The van der Waals surface area contributed by atoms with E-state index in [2.05, 4.69) is 10.3 Å². The molecule has 0 saturated carbocycles. The van der Waals surface area contributed by atoms with Crippen molar-refractivity contribution in [3.8, 4) is 0 Å². The summed E-state index contributed by atoms with van der Waals surface area (Å²) in [7, 11) is 0. The van der Waals surface area contributed by atoms with Gasteiger partial charge in [-0.1, -0.05) is 0 Å². The van der Waals surface area contributed by atoms with E-state index in [1.807, 2.05) is 5.43 Å². The van der Waals surface area contributed by atoms with Crippen molar-refractivity contribution >= 4 is 5.96 Å². The highest BCUT2D eigenvalue weighted by Crippen LogP contribution is 1.77. The van der Waals surface area contributed by atoms with Gasteiger partial charge in [0.25, 0.3) is 0 Å². The summed E-state index contributed by atoms with van der Waals surface area (Å²) in [6.45, 7) is 1.58. The van der Waals surface area contributed by atoms with Gasteiger partial charge in [-0.2, -0.15) is 0 Å². The highest BCUT2D eigenvalue weighted by Gasteiger charge is 1.99. The number of nitrogens with zero attached hydrogens (tertiary/aromatic N) is 2. The average molecular weight is 98.1 g/mol. The van der Waals surface area contributed by atoms with Crippen molar-refractivity contribution in [3.63, 3.8) is 0 Å². The van der Waals surface area contributed by atoms with Crippen molar-refractivity contribution in [1.29, 1.82) is 0 Å². The van der Waals surface area contributed by atoms with Gasteiger partial charge in [-0.15, -0.1) is 0 Å². The zero-order chi connectivity index (χ0) is 5.11. The van der Waals surface area contributed by atoms with E-state index in [0.717, 1.165) is 13.1 Å². The van der Waals surface area contributed by atoms with Crippen molar-refractivity contribution in [3.05, 3.63) is 0 Å². The maximum absolute atomic E-state index is 8.12. The molecule has 7 heavy (non-hydrogen) atoms. The number of rotatable bonds is 0. The lowest BCUT2D eigenvalue weighted by atomic mass is 10.7. The molecule has 0 aromatic heterocycles. The van der Waals surface area contributed by atoms with Gasteiger partial charge in [-0.25, -0.2) is 0 Å². The first-order chi connectivity index (χ1) is 3.43. The molecule has 0 aliphatic carbocycles. The fourth-order valence-corrected chi connectivity index (χ4v) is 0.473. The molecule has 2 radical (unpaired) electrons. The van der Waals surface area contributed by atoms with Crippen LogP contribution in [0.2, 0.25) is 0 Å². The molecule has 1 aliphatic heterocycles. The Bertz CT molecular complexity index is 86.9. The fraction of sp³-hybridized carbons (Fsp3) is 0.667. The van der Waals surface area contributed by atoms with E-state index in [9.17, 15) is 0 Å². The van der Waals surface area contributed by atoms with E-state index in [4.69, 9.17) is 5.84 Å². The van der Waals surface area contributed by atoms with E-state index in [1.54, 1.807) is 0 Å². The van der Waals surface area contributed by atoms with Gasteiger partial charge in [0.1, 0.15) is 0 Å². The van der Waals surface area contributed by atoms with Crippen LogP contribution in [0.5, 0.6) is 0 Å². The van der Waals surface area contributed by atoms with E-state index < -0.39 is 0 Å². The molecule has 1 rings (SSSR count). The highest BCUT2D eigenvalue weighted by atomic mass is 15.3. The van der Waals surface area contributed by atoms with Crippen LogP contribution in [-0.2, 0) is 0 Å². The monoisotopic (exact) mass is 98.1 g/mol. The SMILES string of the molecule is [N]NC1=NCCN1. The molecule has 0 aromatic rings. The van der Waals surface area contributed by atoms with Gasteiger partial charge >= 0.3 is 0 Å². The zero-order valence-corrected chi connectivity index (χ0v) is 3.81. The molecular weight excluding hydrogens is 92.1 g/mol. The van der Waals surface area contributed by atoms with Crippen LogP contribution in [0.1, 0.15) is 0 Å². The summed E-state index contributed by atoms with van der Waals surface area (Å²) in [6, 6.07) is 0. The minimum Gasteiger partial charge on any atom is -0.353 e. The Morgan fingerprint density at radius 2 is 2.71 bits per heavy atom. The fourth-order valence-electron chi connectivity index (χ4n) is 0.473. The summed E-state index contributed by atoms with van der Waals surface area (Å²) in [6.07, 6.45) is 0. The molecular formula is C3H6N4. The molecule has 0 fully saturated rings. The second-order valence-electron chi connectivity index (χ2n) is 1.27. The summed E-state index contributed by atoms with van der Waals surface area (Å²) in [4.78, 5) is 3.80. The molecule has 2 N–H and O–H groups in total. The number of nitrogens with one attached hydrogen (secondary N) is 2. The van der Waals surface area contributed by atoms with Gasteiger partial charge in [0, 0.05) is 6.54 Å². The first-order valence-electron chi connectivity index (χ1n) is 2.12. The van der Waals surface area contributed by atoms with E-state index in [0.29, 0.717) is 5.96 Å². The Hall–Kier alpha value is -0.770. The zero-order valence-electron chi connectivity index (χ0n) is 3.81. The van der Waals surface area contributed by atoms with Crippen molar-refractivity contribution in [1.82, 2.24) is 16.6 Å². The molecule has 4 nitrogen and oxygen atoms in total. The largest absolute Gasteiger partial charge is 0.353 e. The lowest BCUT2D eigenvalue weighted by Gasteiger charge is -1.92. The minimum absolute atomic E-state index is 0.472. The van der Waals surface area contributed by atoms with Crippen LogP contribution >= 0.6 is 0 Å². The maximum Gasteiger partial charge on any atom is 0.208 e. The predicted molar refractivity (Wildman–Crippen MR) is 25.6 cm³/mol. The predicted octanol–water partition coefficient (Wildman–Crippen LogP) is -1.48. The van der Waals surface area contributed by atoms with Gasteiger partial charge in [0.15, 0.2) is 0 Å². The second kappa shape index (κ2) is 1.79. The molecule has 0 atom stereocenters. The lowest BCUT2D eigenvalue weighted by Crippen LogP contribution is -2.32. The third-order valence-electron chi connectivity index (χ3n) is 0.780. The van der Waals surface area contributed by atoms with Gasteiger partial charge in [-0.3, -0.25) is 10.4 Å². The number of aliphatic imine (C=N–C) groups is 1. The molecule has 0 spiro atoms. The summed E-state index contributed by atoms with van der Waals surface area (Å²) in [5.74, 6) is 8.59. The molecule has 38 valence electrons. The van der Waals surface area contributed by atoms with Gasteiger partial charge in [-0.05, 0) is 5.84 Å². The van der Waals surface area contributed by atoms with E-state index >= 15 is 0 Å². The first kappa shape index (κ1) is 4.39. The molecule has 1 aliphatic rings. The van der Waals surface area contributed by atoms with Crippen molar-refractivity contribution in [2.45, 2.75) is 0 Å². The second-order valence-corrected chi connectivity index (χ2v) is 1.27. The topological polar surface area (TPSA) is 58.7 Å². The van der Waals surface area contributed by atoms with E-state index in [-0.39, 0.29) is 0 Å². The van der Waals surface area contributed by atoms with E-state index in [1.165, 1.54) is 0 Å². The Morgan fingerprint density at radius 3 is 3.00 bits per heavy atom. The third-order valence-corrected chi connectivity index (χ3v) is 0.780. The van der Waals surface area contributed by atoms with Gasteiger partial charge in [0.05, 0.1) is 6.54 Å².